The lowest BCUT2D eigenvalue weighted by molar-refractivity contribution is 0.475. The summed E-state index contributed by atoms with van der Waals surface area (Å²) in [5, 5.41) is 4.29. The highest BCUT2D eigenvalue weighted by atomic mass is 79.9. The van der Waals surface area contributed by atoms with E-state index in [2.05, 4.69) is 41.2 Å². The Kier molecular flexibility index (Phi) is 5.80. The van der Waals surface area contributed by atoms with Crippen LogP contribution in [-0.4, -0.2) is 6.04 Å². The first kappa shape index (κ1) is 16.5. The smallest absolute Gasteiger partial charge is 0.124 e. The highest BCUT2D eigenvalue weighted by molar-refractivity contribution is 9.10. The SMILES string of the molecule is CC(Cc1cccc(Cl)c1)NC(C)c1ccc(F)cc1Br. The Bertz CT molecular complexity index is 617. The van der Waals surface area contributed by atoms with Crippen LogP contribution in [0.5, 0.6) is 0 Å². The van der Waals surface area contributed by atoms with Crippen LogP contribution in [0.3, 0.4) is 0 Å². The van der Waals surface area contributed by atoms with Crippen molar-refractivity contribution in [1.29, 1.82) is 0 Å². The van der Waals surface area contributed by atoms with Gasteiger partial charge in [-0.15, -0.1) is 0 Å². The molecule has 2 unspecified atom stereocenters. The molecule has 1 nitrogen and oxygen atoms in total. The molecule has 4 heteroatoms. The summed E-state index contributed by atoms with van der Waals surface area (Å²) in [6.45, 7) is 4.21. The summed E-state index contributed by atoms with van der Waals surface area (Å²) in [5.41, 5.74) is 2.25. The lowest BCUT2D eigenvalue weighted by atomic mass is 10.0. The van der Waals surface area contributed by atoms with Gasteiger partial charge in [0.1, 0.15) is 5.82 Å². The molecule has 0 aliphatic rings. The topological polar surface area (TPSA) is 12.0 Å². The maximum Gasteiger partial charge on any atom is 0.124 e. The van der Waals surface area contributed by atoms with E-state index in [1.54, 1.807) is 0 Å². The van der Waals surface area contributed by atoms with Crippen LogP contribution in [0.2, 0.25) is 5.02 Å². The average Bonchev–Trinajstić information content (AvgIpc) is 2.38. The molecule has 0 aromatic heterocycles. The van der Waals surface area contributed by atoms with Gasteiger partial charge in [0, 0.05) is 21.6 Å². The molecule has 1 N–H and O–H groups in total. The van der Waals surface area contributed by atoms with Crippen molar-refractivity contribution in [2.45, 2.75) is 32.4 Å². The normalized spacial score (nSPS) is 14.0. The molecule has 0 aliphatic carbocycles. The van der Waals surface area contributed by atoms with Crippen LogP contribution in [0.1, 0.15) is 31.0 Å². The van der Waals surface area contributed by atoms with Gasteiger partial charge in [-0.25, -0.2) is 4.39 Å². The number of halogens is 3. The molecular formula is C17H18BrClFN. The first-order chi connectivity index (χ1) is 9.95. The van der Waals surface area contributed by atoms with Gasteiger partial charge in [-0.05, 0) is 55.7 Å². The van der Waals surface area contributed by atoms with E-state index in [-0.39, 0.29) is 17.9 Å². The van der Waals surface area contributed by atoms with E-state index in [4.69, 9.17) is 11.6 Å². The summed E-state index contributed by atoms with van der Waals surface area (Å²) < 4.78 is 13.9. The summed E-state index contributed by atoms with van der Waals surface area (Å²) in [6, 6.07) is 13.1. The molecule has 0 heterocycles. The molecule has 0 spiro atoms. The van der Waals surface area contributed by atoms with Gasteiger partial charge in [-0.2, -0.15) is 0 Å². The van der Waals surface area contributed by atoms with Gasteiger partial charge in [0.25, 0.3) is 0 Å². The summed E-state index contributed by atoms with van der Waals surface area (Å²) in [6.07, 6.45) is 0.893. The van der Waals surface area contributed by atoms with E-state index in [9.17, 15) is 4.39 Å². The predicted octanol–water partition coefficient (Wildman–Crippen LogP) is 5.52. The molecule has 0 saturated carbocycles. The van der Waals surface area contributed by atoms with Gasteiger partial charge in [-0.1, -0.05) is 45.7 Å². The van der Waals surface area contributed by atoms with E-state index in [0.717, 1.165) is 21.5 Å². The van der Waals surface area contributed by atoms with Gasteiger partial charge in [-0.3, -0.25) is 0 Å². The van der Waals surface area contributed by atoms with Crippen molar-refractivity contribution in [2.75, 3.05) is 0 Å². The van der Waals surface area contributed by atoms with Crippen LogP contribution in [0.15, 0.2) is 46.9 Å². The van der Waals surface area contributed by atoms with E-state index in [1.165, 1.54) is 17.7 Å². The van der Waals surface area contributed by atoms with Crippen molar-refractivity contribution in [2.24, 2.45) is 0 Å². The lowest BCUT2D eigenvalue weighted by Gasteiger charge is -2.21. The van der Waals surface area contributed by atoms with E-state index in [0.29, 0.717) is 0 Å². The Morgan fingerprint density at radius 1 is 1.19 bits per heavy atom. The zero-order chi connectivity index (χ0) is 15.4. The quantitative estimate of drug-likeness (QED) is 0.730. The molecular weight excluding hydrogens is 353 g/mol. The monoisotopic (exact) mass is 369 g/mol. The minimum Gasteiger partial charge on any atom is -0.307 e. The highest BCUT2D eigenvalue weighted by Crippen LogP contribution is 2.25. The fourth-order valence-electron chi connectivity index (χ4n) is 2.45. The van der Waals surface area contributed by atoms with Crippen molar-refractivity contribution >= 4 is 27.5 Å². The van der Waals surface area contributed by atoms with Gasteiger partial charge in [0.05, 0.1) is 0 Å². The largest absolute Gasteiger partial charge is 0.307 e. The molecule has 21 heavy (non-hydrogen) atoms. The molecule has 0 amide bonds. The predicted molar refractivity (Wildman–Crippen MR) is 90.3 cm³/mol. The zero-order valence-electron chi connectivity index (χ0n) is 12.0. The van der Waals surface area contributed by atoms with E-state index < -0.39 is 0 Å². The first-order valence-corrected chi connectivity index (χ1v) is 8.08. The number of hydrogen-bond donors (Lipinski definition) is 1. The highest BCUT2D eigenvalue weighted by Gasteiger charge is 2.13. The third-order valence-corrected chi connectivity index (χ3v) is 4.32. The van der Waals surface area contributed by atoms with Crippen molar-refractivity contribution < 1.29 is 4.39 Å². The fraction of sp³-hybridized carbons (Fsp3) is 0.294. The second-order valence-electron chi connectivity index (χ2n) is 5.29. The summed E-state index contributed by atoms with van der Waals surface area (Å²) in [4.78, 5) is 0. The number of benzene rings is 2. The Balaban J connectivity index is 2.00. The molecule has 2 rings (SSSR count). The fourth-order valence-corrected chi connectivity index (χ4v) is 3.35. The molecule has 0 aliphatic heterocycles. The minimum atomic E-state index is -0.232. The van der Waals surface area contributed by atoms with Crippen LogP contribution in [-0.2, 0) is 6.42 Å². The van der Waals surface area contributed by atoms with Gasteiger partial charge >= 0.3 is 0 Å². The van der Waals surface area contributed by atoms with Crippen LogP contribution in [0.25, 0.3) is 0 Å². The van der Waals surface area contributed by atoms with Gasteiger partial charge < -0.3 is 5.32 Å². The third-order valence-electron chi connectivity index (χ3n) is 3.39. The van der Waals surface area contributed by atoms with Gasteiger partial charge in [0.2, 0.25) is 0 Å². The van der Waals surface area contributed by atoms with Crippen molar-refractivity contribution in [1.82, 2.24) is 5.32 Å². The molecule has 2 atom stereocenters. The van der Waals surface area contributed by atoms with Crippen molar-refractivity contribution in [3.8, 4) is 0 Å². The van der Waals surface area contributed by atoms with Crippen LogP contribution >= 0.6 is 27.5 Å². The summed E-state index contributed by atoms with van der Waals surface area (Å²) in [7, 11) is 0. The summed E-state index contributed by atoms with van der Waals surface area (Å²) in [5.74, 6) is -0.232. The van der Waals surface area contributed by atoms with E-state index in [1.807, 2.05) is 24.3 Å². The number of hydrogen-bond acceptors (Lipinski definition) is 1. The van der Waals surface area contributed by atoms with Crippen LogP contribution in [0.4, 0.5) is 4.39 Å². The number of rotatable bonds is 5. The van der Waals surface area contributed by atoms with Gasteiger partial charge in [0.15, 0.2) is 0 Å². The Labute approximate surface area is 138 Å². The lowest BCUT2D eigenvalue weighted by Crippen LogP contribution is -2.30. The minimum absolute atomic E-state index is 0.133. The Morgan fingerprint density at radius 3 is 2.62 bits per heavy atom. The molecule has 0 fully saturated rings. The van der Waals surface area contributed by atoms with Crippen molar-refractivity contribution in [3.05, 3.63) is 68.9 Å². The second-order valence-corrected chi connectivity index (χ2v) is 6.58. The molecule has 2 aromatic rings. The average molecular weight is 371 g/mol. The molecule has 0 radical (unpaired) electrons. The Hall–Kier alpha value is -0.900. The zero-order valence-corrected chi connectivity index (χ0v) is 14.4. The first-order valence-electron chi connectivity index (χ1n) is 6.91. The third kappa shape index (κ3) is 4.80. The molecule has 0 saturated heterocycles. The summed E-state index contributed by atoms with van der Waals surface area (Å²) >= 11 is 9.42. The van der Waals surface area contributed by atoms with Crippen LogP contribution < -0.4 is 5.32 Å². The molecule has 2 aromatic carbocycles. The molecule has 0 bridgehead atoms. The standard InChI is InChI=1S/C17H18BrClFN/c1-11(8-13-4-3-5-14(19)9-13)21-12(2)16-7-6-15(20)10-17(16)18/h3-7,9-12,21H,8H2,1-2H3. The maximum absolute atomic E-state index is 13.1. The second kappa shape index (κ2) is 7.39. The Morgan fingerprint density at radius 2 is 1.95 bits per heavy atom. The molecule has 112 valence electrons. The van der Waals surface area contributed by atoms with Crippen molar-refractivity contribution in [3.63, 3.8) is 0 Å². The maximum atomic E-state index is 13.1. The van der Waals surface area contributed by atoms with E-state index >= 15 is 0 Å². The number of nitrogens with one attached hydrogen (secondary N) is 1. The van der Waals surface area contributed by atoms with Crippen LogP contribution in [0, 0.1) is 5.82 Å².